The normalized spacial score (nSPS) is 10.4. The van der Waals surface area contributed by atoms with Crippen LogP contribution >= 0.6 is 23.2 Å². The summed E-state index contributed by atoms with van der Waals surface area (Å²) in [7, 11) is 0. The molecule has 2 aromatic carbocycles. The minimum absolute atomic E-state index is 0.191. The third-order valence-corrected chi connectivity index (χ3v) is 3.39. The van der Waals surface area contributed by atoms with Gasteiger partial charge >= 0.3 is 0 Å². The van der Waals surface area contributed by atoms with Gasteiger partial charge in [0.1, 0.15) is 5.82 Å². The van der Waals surface area contributed by atoms with Gasteiger partial charge in [0, 0.05) is 12.2 Å². The van der Waals surface area contributed by atoms with Crippen LogP contribution in [0.1, 0.15) is 11.1 Å². The van der Waals surface area contributed by atoms with Gasteiger partial charge in [0.25, 0.3) is 0 Å². The first-order valence-corrected chi connectivity index (χ1v) is 6.26. The Balaban J connectivity index is 2.06. The molecule has 4 heteroatoms. The molecule has 0 aliphatic carbocycles. The Morgan fingerprint density at radius 2 is 1.83 bits per heavy atom. The maximum atomic E-state index is 13.4. The van der Waals surface area contributed by atoms with Gasteiger partial charge in [-0.1, -0.05) is 35.3 Å². The van der Waals surface area contributed by atoms with Crippen LogP contribution in [0.3, 0.4) is 0 Å². The fraction of sp³-hybridized carbons (Fsp3) is 0.143. The van der Waals surface area contributed by atoms with Gasteiger partial charge in [0.15, 0.2) is 0 Å². The Hall–Kier alpha value is -1.25. The highest BCUT2D eigenvalue weighted by Gasteiger charge is 2.01. The summed E-state index contributed by atoms with van der Waals surface area (Å²) in [6, 6.07) is 10.5. The molecule has 0 aliphatic heterocycles. The molecule has 0 saturated heterocycles. The summed E-state index contributed by atoms with van der Waals surface area (Å²) < 4.78 is 13.4. The number of aryl methyl sites for hydroxylation is 1. The Morgan fingerprint density at radius 1 is 1.06 bits per heavy atom. The van der Waals surface area contributed by atoms with E-state index in [1.54, 1.807) is 25.1 Å². The lowest BCUT2D eigenvalue weighted by atomic mass is 10.1. The van der Waals surface area contributed by atoms with Crippen LogP contribution in [0.5, 0.6) is 0 Å². The van der Waals surface area contributed by atoms with Gasteiger partial charge in [0.05, 0.1) is 10.0 Å². The quantitative estimate of drug-likeness (QED) is 0.831. The van der Waals surface area contributed by atoms with Crippen molar-refractivity contribution in [2.45, 2.75) is 13.5 Å². The monoisotopic (exact) mass is 283 g/mol. The fourth-order valence-electron chi connectivity index (χ4n) is 1.56. The van der Waals surface area contributed by atoms with Crippen LogP contribution in [0.2, 0.25) is 10.0 Å². The van der Waals surface area contributed by atoms with Gasteiger partial charge in [0.2, 0.25) is 0 Å². The van der Waals surface area contributed by atoms with Crippen LogP contribution in [0, 0.1) is 12.7 Å². The zero-order chi connectivity index (χ0) is 13.1. The van der Waals surface area contributed by atoms with Crippen LogP contribution in [-0.2, 0) is 6.54 Å². The van der Waals surface area contributed by atoms with Crippen LogP contribution in [-0.4, -0.2) is 0 Å². The van der Waals surface area contributed by atoms with Crippen molar-refractivity contribution in [2.75, 3.05) is 5.32 Å². The SMILES string of the molecule is Cc1ccc(CNc2ccc(Cl)c(Cl)c2)cc1F. The average Bonchev–Trinajstić information content (AvgIpc) is 2.35. The summed E-state index contributed by atoms with van der Waals surface area (Å²) >= 11 is 11.7. The van der Waals surface area contributed by atoms with Gasteiger partial charge < -0.3 is 5.32 Å². The van der Waals surface area contributed by atoms with E-state index in [2.05, 4.69) is 5.32 Å². The van der Waals surface area contributed by atoms with E-state index in [0.29, 0.717) is 22.2 Å². The summed E-state index contributed by atoms with van der Waals surface area (Å²) in [6.07, 6.45) is 0. The van der Waals surface area contributed by atoms with Crippen molar-refractivity contribution in [3.05, 3.63) is 63.4 Å². The van der Waals surface area contributed by atoms with Crippen molar-refractivity contribution in [1.82, 2.24) is 0 Å². The molecule has 0 spiro atoms. The molecule has 0 heterocycles. The Labute approximate surface area is 116 Å². The molecule has 18 heavy (non-hydrogen) atoms. The van der Waals surface area contributed by atoms with Gasteiger partial charge in [-0.3, -0.25) is 0 Å². The van der Waals surface area contributed by atoms with Gasteiger partial charge in [-0.15, -0.1) is 0 Å². The lowest BCUT2D eigenvalue weighted by molar-refractivity contribution is 0.616. The summed E-state index contributed by atoms with van der Waals surface area (Å²) in [5, 5.41) is 4.18. The predicted octanol–water partition coefficient (Wildman–Crippen LogP) is 5.05. The van der Waals surface area contributed by atoms with Crippen molar-refractivity contribution in [2.24, 2.45) is 0 Å². The van der Waals surface area contributed by atoms with E-state index in [9.17, 15) is 4.39 Å². The standard InChI is InChI=1S/C14H12Cl2FN/c1-9-2-3-10(6-14(9)17)8-18-11-4-5-12(15)13(16)7-11/h2-7,18H,8H2,1H3. The summed E-state index contributed by atoms with van der Waals surface area (Å²) in [6.45, 7) is 2.28. The van der Waals surface area contributed by atoms with Gasteiger partial charge in [-0.2, -0.15) is 0 Å². The minimum Gasteiger partial charge on any atom is -0.381 e. The van der Waals surface area contributed by atoms with Gasteiger partial charge in [-0.25, -0.2) is 4.39 Å². The molecule has 0 fully saturated rings. The summed E-state index contributed by atoms with van der Waals surface area (Å²) in [5.41, 5.74) is 2.38. The number of nitrogens with one attached hydrogen (secondary N) is 1. The molecule has 0 amide bonds. The molecule has 94 valence electrons. The topological polar surface area (TPSA) is 12.0 Å². The average molecular weight is 284 g/mol. The molecule has 1 nitrogen and oxygen atoms in total. The van der Waals surface area contributed by atoms with Crippen molar-refractivity contribution in [3.63, 3.8) is 0 Å². The number of benzene rings is 2. The summed E-state index contributed by atoms with van der Waals surface area (Å²) in [4.78, 5) is 0. The highest BCUT2D eigenvalue weighted by molar-refractivity contribution is 6.42. The van der Waals surface area contributed by atoms with E-state index in [4.69, 9.17) is 23.2 Å². The molecule has 0 aromatic heterocycles. The summed E-state index contributed by atoms with van der Waals surface area (Å²) in [5.74, 6) is -0.191. The Kier molecular flexibility index (Phi) is 4.10. The number of halogens is 3. The Morgan fingerprint density at radius 3 is 2.50 bits per heavy atom. The minimum atomic E-state index is -0.191. The van der Waals surface area contributed by atoms with Crippen molar-refractivity contribution < 1.29 is 4.39 Å². The molecule has 0 unspecified atom stereocenters. The lowest BCUT2D eigenvalue weighted by Gasteiger charge is -2.08. The second kappa shape index (κ2) is 5.59. The molecule has 2 aromatic rings. The first-order chi connectivity index (χ1) is 8.56. The first kappa shape index (κ1) is 13.2. The van der Waals surface area contributed by atoms with Crippen LogP contribution < -0.4 is 5.32 Å². The molecule has 0 radical (unpaired) electrons. The van der Waals surface area contributed by atoms with E-state index in [-0.39, 0.29) is 5.82 Å². The van der Waals surface area contributed by atoms with E-state index in [0.717, 1.165) is 11.3 Å². The molecular formula is C14H12Cl2FN. The van der Waals surface area contributed by atoms with E-state index in [1.165, 1.54) is 6.07 Å². The van der Waals surface area contributed by atoms with E-state index < -0.39 is 0 Å². The Bertz CT molecular complexity index is 518. The molecular weight excluding hydrogens is 272 g/mol. The van der Waals surface area contributed by atoms with Crippen molar-refractivity contribution in [3.8, 4) is 0 Å². The second-order valence-corrected chi connectivity index (χ2v) is 4.88. The maximum absolute atomic E-state index is 13.4. The predicted molar refractivity (Wildman–Crippen MR) is 74.9 cm³/mol. The molecule has 0 aliphatic rings. The lowest BCUT2D eigenvalue weighted by Crippen LogP contribution is -2.00. The number of hydrogen-bond donors (Lipinski definition) is 1. The van der Waals surface area contributed by atoms with Crippen LogP contribution in [0.15, 0.2) is 36.4 Å². The van der Waals surface area contributed by atoms with E-state index >= 15 is 0 Å². The molecule has 0 bridgehead atoms. The second-order valence-electron chi connectivity index (χ2n) is 4.07. The highest BCUT2D eigenvalue weighted by atomic mass is 35.5. The fourth-order valence-corrected chi connectivity index (χ4v) is 1.85. The molecule has 0 saturated carbocycles. The largest absolute Gasteiger partial charge is 0.381 e. The van der Waals surface area contributed by atoms with Crippen molar-refractivity contribution in [1.29, 1.82) is 0 Å². The zero-order valence-corrected chi connectivity index (χ0v) is 11.3. The van der Waals surface area contributed by atoms with Crippen LogP contribution in [0.25, 0.3) is 0 Å². The van der Waals surface area contributed by atoms with Crippen molar-refractivity contribution >= 4 is 28.9 Å². The maximum Gasteiger partial charge on any atom is 0.126 e. The van der Waals surface area contributed by atoms with Crippen LogP contribution in [0.4, 0.5) is 10.1 Å². The third kappa shape index (κ3) is 3.15. The number of hydrogen-bond acceptors (Lipinski definition) is 1. The molecule has 0 atom stereocenters. The number of rotatable bonds is 3. The van der Waals surface area contributed by atoms with Gasteiger partial charge in [-0.05, 0) is 42.3 Å². The first-order valence-electron chi connectivity index (χ1n) is 5.50. The molecule has 1 N–H and O–H groups in total. The zero-order valence-electron chi connectivity index (χ0n) is 9.81. The number of anilines is 1. The van der Waals surface area contributed by atoms with E-state index in [1.807, 2.05) is 12.1 Å². The smallest absolute Gasteiger partial charge is 0.126 e. The molecule has 2 rings (SSSR count). The highest BCUT2D eigenvalue weighted by Crippen LogP contribution is 2.25. The third-order valence-electron chi connectivity index (χ3n) is 2.65.